The Kier molecular flexibility index (Phi) is 3.67. The number of nitrogens with one attached hydrogen (secondary N) is 1. The predicted octanol–water partition coefficient (Wildman–Crippen LogP) is 2.63. The monoisotopic (exact) mass is 313 g/mol. The number of benzene rings is 1. The summed E-state index contributed by atoms with van der Waals surface area (Å²) in [6.45, 7) is 5.76. The molecule has 0 aliphatic carbocycles. The van der Waals surface area contributed by atoms with Crippen LogP contribution < -0.4 is 5.32 Å². The number of carbonyl (C=O) groups is 2. The number of rotatable bonds is 3. The van der Waals surface area contributed by atoms with Crippen LogP contribution in [0.25, 0.3) is 0 Å². The normalized spacial score (nSPS) is 18.9. The Hall–Kier alpha value is -2.63. The Morgan fingerprint density at radius 3 is 2.87 bits per heavy atom. The third-order valence-electron chi connectivity index (χ3n) is 4.20. The van der Waals surface area contributed by atoms with E-state index in [0.717, 1.165) is 11.3 Å². The van der Waals surface area contributed by atoms with Gasteiger partial charge in [0.1, 0.15) is 5.69 Å². The molecule has 6 nitrogen and oxygen atoms in total. The van der Waals surface area contributed by atoms with E-state index in [1.165, 1.54) is 6.20 Å². The molecule has 0 bridgehead atoms. The maximum atomic E-state index is 12.5. The lowest BCUT2D eigenvalue weighted by Gasteiger charge is -2.40. The molecule has 2 heterocycles. The number of imidazole rings is 1. The maximum Gasteiger partial charge on any atom is 0.356 e. The van der Waals surface area contributed by atoms with Gasteiger partial charge >= 0.3 is 5.97 Å². The minimum Gasteiger partial charge on any atom is -0.461 e. The van der Waals surface area contributed by atoms with Crippen molar-refractivity contribution >= 4 is 17.6 Å². The van der Waals surface area contributed by atoms with Crippen LogP contribution in [0, 0.1) is 5.41 Å². The highest BCUT2D eigenvalue weighted by Gasteiger charge is 2.44. The summed E-state index contributed by atoms with van der Waals surface area (Å²) in [4.78, 5) is 28.8. The Labute approximate surface area is 134 Å². The Morgan fingerprint density at radius 1 is 1.39 bits per heavy atom. The number of para-hydroxylation sites is 1. The maximum absolute atomic E-state index is 12.5. The van der Waals surface area contributed by atoms with Gasteiger partial charge in [0.05, 0.1) is 30.6 Å². The van der Waals surface area contributed by atoms with E-state index in [4.69, 9.17) is 4.74 Å². The lowest BCUT2D eigenvalue weighted by atomic mass is 9.76. The van der Waals surface area contributed by atoms with Crippen LogP contribution in [0.4, 0.5) is 5.69 Å². The molecule has 1 aromatic carbocycles. The Balaban J connectivity index is 2.16. The highest BCUT2D eigenvalue weighted by molar-refractivity contribution is 5.99. The van der Waals surface area contributed by atoms with Crippen LogP contribution in [0.5, 0.6) is 0 Å². The quantitative estimate of drug-likeness (QED) is 0.884. The van der Waals surface area contributed by atoms with Gasteiger partial charge in [0.2, 0.25) is 5.91 Å². The van der Waals surface area contributed by atoms with E-state index in [2.05, 4.69) is 10.3 Å². The summed E-state index contributed by atoms with van der Waals surface area (Å²) in [5, 5.41) is 2.93. The number of carbonyl (C=O) groups excluding carboxylic acids is 2. The summed E-state index contributed by atoms with van der Waals surface area (Å²) in [6.07, 6.45) is 3.05. The van der Waals surface area contributed by atoms with Gasteiger partial charge < -0.3 is 14.6 Å². The molecule has 1 aliphatic heterocycles. The van der Waals surface area contributed by atoms with E-state index in [1.54, 1.807) is 17.8 Å². The summed E-state index contributed by atoms with van der Waals surface area (Å²) in [5.74, 6) is -0.533. The molecule has 1 N–H and O–H groups in total. The molecule has 23 heavy (non-hydrogen) atoms. The summed E-state index contributed by atoms with van der Waals surface area (Å²) >= 11 is 0. The standard InChI is InChI=1S/C17H19N3O3/c1-4-23-15(21)13-9-18-10-20(13)14-11-7-5-6-8-12(11)19-16(22)17(14,2)3/h5-10,14H,4H2,1-3H3,(H,19,22). The summed E-state index contributed by atoms with van der Waals surface area (Å²) < 4.78 is 6.83. The van der Waals surface area contributed by atoms with Crippen molar-refractivity contribution in [1.82, 2.24) is 9.55 Å². The smallest absolute Gasteiger partial charge is 0.356 e. The van der Waals surface area contributed by atoms with E-state index in [9.17, 15) is 9.59 Å². The molecule has 2 aromatic rings. The molecule has 0 saturated heterocycles. The van der Waals surface area contributed by atoms with Crippen molar-refractivity contribution in [2.24, 2.45) is 5.41 Å². The fourth-order valence-corrected chi connectivity index (χ4v) is 3.02. The number of amides is 1. The van der Waals surface area contributed by atoms with Gasteiger partial charge in [0.15, 0.2) is 0 Å². The van der Waals surface area contributed by atoms with Crippen LogP contribution >= 0.6 is 0 Å². The second kappa shape index (κ2) is 5.53. The largest absolute Gasteiger partial charge is 0.461 e. The number of aromatic nitrogens is 2. The van der Waals surface area contributed by atoms with Gasteiger partial charge in [-0.3, -0.25) is 4.79 Å². The molecule has 1 aliphatic rings. The molecule has 0 fully saturated rings. The molecular weight excluding hydrogens is 294 g/mol. The molecule has 120 valence electrons. The molecule has 6 heteroatoms. The zero-order valence-electron chi connectivity index (χ0n) is 13.4. The minimum absolute atomic E-state index is 0.0929. The van der Waals surface area contributed by atoms with Crippen molar-refractivity contribution < 1.29 is 14.3 Å². The van der Waals surface area contributed by atoms with Crippen molar-refractivity contribution in [3.05, 3.63) is 48.0 Å². The summed E-state index contributed by atoms with van der Waals surface area (Å²) in [6, 6.07) is 7.26. The Bertz CT molecular complexity index is 764. The van der Waals surface area contributed by atoms with E-state index in [1.807, 2.05) is 38.1 Å². The lowest BCUT2D eigenvalue weighted by Crippen LogP contribution is -2.44. The third kappa shape index (κ3) is 2.40. The first kappa shape index (κ1) is 15.3. The highest BCUT2D eigenvalue weighted by atomic mass is 16.5. The van der Waals surface area contributed by atoms with Gasteiger partial charge in [-0.1, -0.05) is 18.2 Å². The number of fused-ring (bicyclic) bond motifs is 1. The molecule has 0 radical (unpaired) electrons. The zero-order chi connectivity index (χ0) is 16.6. The van der Waals surface area contributed by atoms with Gasteiger partial charge in [-0.15, -0.1) is 0 Å². The molecule has 1 amide bonds. The minimum atomic E-state index is -0.740. The predicted molar refractivity (Wildman–Crippen MR) is 85.2 cm³/mol. The van der Waals surface area contributed by atoms with Gasteiger partial charge in [-0.25, -0.2) is 9.78 Å². The van der Waals surface area contributed by atoms with Crippen LogP contribution in [-0.2, 0) is 9.53 Å². The van der Waals surface area contributed by atoms with E-state index in [0.29, 0.717) is 5.69 Å². The average Bonchev–Trinajstić information content (AvgIpc) is 2.97. The van der Waals surface area contributed by atoms with Crippen molar-refractivity contribution in [3.63, 3.8) is 0 Å². The molecule has 0 saturated carbocycles. The van der Waals surface area contributed by atoms with Gasteiger partial charge in [0, 0.05) is 5.69 Å². The van der Waals surface area contributed by atoms with Crippen molar-refractivity contribution in [1.29, 1.82) is 0 Å². The van der Waals surface area contributed by atoms with Crippen LogP contribution in [0.1, 0.15) is 42.9 Å². The first-order valence-corrected chi connectivity index (χ1v) is 7.56. The molecule has 3 rings (SSSR count). The summed E-state index contributed by atoms with van der Waals surface area (Å²) in [5.41, 5.74) is 1.30. The molecule has 0 spiro atoms. The van der Waals surface area contributed by atoms with Crippen LogP contribution in [0.15, 0.2) is 36.8 Å². The lowest BCUT2D eigenvalue weighted by molar-refractivity contribution is -0.126. The van der Waals surface area contributed by atoms with E-state index >= 15 is 0 Å². The summed E-state index contributed by atoms with van der Waals surface area (Å²) in [7, 11) is 0. The molecule has 1 aromatic heterocycles. The van der Waals surface area contributed by atoms with Crippen LogP contribution in [0.2, 0.25) is 0 Å². The SMILES string of the molecule is CCOC(=O)c1cncn1C1c2ccccc2NC(=O)C1(C)C. The van der Waals surface area contributed by atoms with Crippen LogP contribution in [0.3, 0.4) is 0 Å². The fraction of sp³-hybridized carbons (Fsp3) is 0.353. The number of hydrogen-bond donors (Lipinski definition) is 1. The van der Waals surface area contributed by atoms with E-state index in [-0.39, 0.29) is 18.6 Å². The fourth-order valence-electron chi connectivity index (χ4n) is 3.02. The molecule has 1 atom stereocenters. The van der Waals surface area contributed by atoms with Gasteiger partial charge in [0.25, 0.3) is 0 Å². The highest BCUT2D eigenvalue weighted by Crippen LogP contribution is 2.45. The molecular formula is C17H19N3O3. The second-order valence-electron chi connectivity index (χ2n) is 6.07. The van der Waals surface area contributed by atoms with Crippen molar-refractivity contribution in [2.45, 2.75) is 26.8 Å². The second-order valence-corrected chi connectivity index (χ2v) is 6.07. The topological polar surface area (TPSA) is 73.2 Å². The zero-order valence-corrected chi connectivity index (χ0v) is 13.4. The molecule has 1 unspecified atom stereocenters. The number of hydrogen-bond acceptors (Lipinski definition) is 4. The first-order valence-electron chi connectivity index (χ1n) is 7.56. The van der Waals surface area contributed by atoms with Crippen molar-refractivity contribution in [3.8, 4) is 0 Å². The van der Waals surface area contributed by atoms with E-state index < -0.39 is 11.4 Å². The number of ether oxygens (including phenoxy) is 1. The van der Waals surface area contributed by atoms with Crippen molar-refractivity contribution in [2.75, 3.05) is 11.9 Å². The van der Waals surface area contributed by atoms with Gasteiger partial charge in [-0.05, 0) is 32.4 Å². The first-order chi connectivity index (χ1) is 11.0. The average molecular weight is 313 g/mol. The van der Waals surface area contributed by atoms with Gasteiger partial charge in [-0.2, -0.15) is 0 Å². The number of esters is 1. The Morgan fingerprint density at radius 2 is 2.13 bits per heavy atom. The number of nitrogens with zero attached hydrogens (tertiary/aromatic N) is 2. The van der Waals surface area contributed by atoms with Crippen LogP contribution in [-0.4, -0.2) is 28.0 Å². The third-order valence-corrected chi connectivity index (χ3v) is 4.20. The number of anilines is 1.